The summed E-state index contributed by atoms with van der Waals surface area (Å²) in [6.45, 7) is 8.77. The molecule has 0 spiro atoms. The van der Waals surface area contributed by atoms with Crippen LogP contribution in [-0.2, 0) is 6.18 Å². The molecule has 0 aliphatic carbocycles. The second-order valence-corrected chi connectivity index (χ2v) is 26.5. The van der Waals surface area contributed by atoms with E-state index >= 15 is 0 Å². The maximum Gasteiger partial charge on any atom is 0.416 e. The Hall–Kier alpha value is -19.3. The van der Waals surface area contributed by atoms with Crippen LogP contribution in [0.5, 0.6) is 74.7 Å². The topological polar surface area (TPSA) is 716 Å². The minimum absolute atomic E-state index is 0.136. The van der Waals surface area contributed by atoms with Crippen molar-refractivity contribution in [1.82, 2.24) is 0 Å². The SMILES string of the molecule is CCOc1cccc([N+](=O)[O-])c1O.COc1ccc(O)c([N+](=O)[O-])c1.Cc1ccc(O)c([N+](=O)[O-])c1.Cc1ccc([N+](=O)[O-])c(O)c1.Cc1cccc(O)c1[N+](=O)[O-].Cc1cccc([N+](=O)[O-])c1O.O=[N+]([O-])c1cc(-c2ccccc2)ccc1O.O=[N+]([O-])c1cc(C(F)(F)F)ccc1O.O=[N+]([O-])c1cc(Cl)ccc1O.O=[N+]([O-])c1ccc(-c2ccccc2)cc1O.O=[N+]([O-])c1ccccc1O. The molecule has 0 unspecified atom stereocenters. The number of halogens is 4. The Balaban J connectivity index is 0.000000386. The van der Waals surface area contributed by atoms with Crippen molar-refractivity contribution < 1.29 is 133 Å². The number of aryl methyl sites for hydroxylation is 4. The van der Waals surface area contributed by atoms with Gasteiger partial charge in [0.25, 0.3) is 0 Å². The molecule has 0 aliphatic heterocycles. The lowest BCUT2D eigenvalue weighted by Crippen LogP contribution is -2.05. The van der Waals surface area contributed by atoms with Gasteiger partial charge in [0, 0.05) is 65.2 Å². The van der Waals surface area contributed by atoms with Crippen LogP contribution in [0.1, 0.15) is 34.7 Å². The number of benzene rings is 13. The number of ether oxygens (including phenoxy) is 2. The molecule has 13 aromatic rings. The normalized spacial score (nSPS) is 9.81. The number of rotatable bonds is 16. The first-order valence-corrected chi connectivity index (χ1v) is 37.7. The zero-order valence-electron chi connectivity index (χ0n) is 70.8. The summed E-state index contributed by atoms with van der Waals surface area (Å²) in [7, 11) is 1.40. The summed E-state index contributed by atoms with van der Waals surface area (Å²) in [5, 5.41) is 213. The first-order chi connectivity index (χ1) is 63.8. The van der Waals surface area contributed by atoms with Crippen LogP contribution in [0, 0.1) is 139 Å². The summed E-state index contributed by atoms with van der Waals surface area (Å²) in [4.78, 5) is 106. The summed E-state index contributed by atoms with van der Waals surface area (Å²) in [6, 6.07) is 63.4. The van der Waals surface area contributed by atoms with Crippen LogP contribution in [0.2, 0.25) is 5.02 Å². The van der Waals surface area contributed by atoms with Gasteiger partial charge in [0.1, 0.15) is 5.75 Å². The third kappa shape index (κ3) is 35.8. The number of nitro benzene ring substituents is 11. The van der Waals surface area contributed by atoms with E-state index in [0.29, 0.717) is 41.2 Å². The predicted octanol–water partition coefficient (Wildman–Crippen LogP) is 21.0. The molecule has 0 radical (unpaired) electrons. The molecule has 0 fully saturated rings. The van der Waals surface area contributed by atoms with Gasteiger partial charge >= 0.3 is 68.7 Å². The molecule has 0 atom stereocenters. The zero-order chi connectivity index (χ0) is 103. The van der Waals surface area contributed by atoms with E-state index in [1.54, 1.807) is 77.1 Å². The van der Waals surface area contributed by atoms with E-state index in [1.807, 2.05) is 60.7 Å². The van der Waals surface area contributed by atoms with Crippen LogP contribution < -0.4 is 9.47 Å². The molecular formula is C86H75ClF3N11O35. The number of phenolic OH excluding ortho intramolecular Hbond substituents is 11. The molecule has 13 rings (SSSR count). The third-order valence-electron chi connectivity index (χ3n) is 16.6. The minimum Gasteiger partial charge on any atom is -0.502 e. The Labute approximate surface area is 766 Å². The van der Waals surface area contributed by atoms with Crippen molar-refractivity contribution in [1.29, 1.82) is 0 Å². The number of alkyl halides is 3. The fraction of sp³-hybridized carbons (Fsp3) is 0.0930. The number of para-hydroxylation sites is 5. The first kappa shape index (κ1) is 111. The van der Waals surface area contributed by atoms with Crippen molar-refractivity contribution >= 4 is 74.2 Å². The van der Waals surface area contributed by atoms with Gasteiger partial charge in [0.05, 0.1) is 79.5 Å². The first-order valence-electron chi connectivity index (χ1n) is 37.3. The van der Waals surface area contributed by atoms with Crippen LogP contribution in [0.15, 0.2) is 267 Å². The van der Waals surface area contributed by atoms with Gasteiger partial charge in [-0.15, -0.1) is 0 Å². The number of aromatic hydroxyl groups is 11. The summed E-state index contributed by atoms with van der Waals surface area (Å²) in [5.41, 5.74) is 0.824. The molecule has 46 nitrogen and oxygen atoms in total. The Bertz CT molecular complexity index is 6330. The van der Waals surface area contributed by atoms with Crippen molar-refractivity contribution in [2.45, 2.75) is 40.8 Å². The summed E-state index contributed by atoms with van der Waals surface area (Å²) >= 11 is 5.45. The van der Waals surface area contributed by atoms with Gasteiger partial charge in [0.15, 0.2) is 63.2 Å². The van der Waals surface area contributed by atoms with Crippen LogP contribution >= 0.6 is 11.6 Å². The van der Waals surface area contributed by atoms with Gasteiger partial charge in [-0.1, -0.05) is 133 Å². The van der Waals surface area contributed by atoms with Gasteiger partial charge in [0.2, 0.25) is 5.75 Å². The lowest BCUT2D eigenvalue weighted by atomic mass is 10.1. The fourth-order valence-electron chi connectivity index (χ4n) is 10.0. The molecule has 0 saturated heterocycles. The summed E-state index contributed by atoms with van der Waals surface area (Å²) in [5.74, 6) is -3.50. The predicted molar refractivity (Wildman–Crippen MR) is 480 cm³/mol. The van der Waals surface area contributed by atoms with Gasteiger partial charge in [-0.3, -0.25) is 111 Å². The largest absolute Gasteiger partial charge is 0.502 e. The van der Waals surface area contributed by atoms with Crippen LogP contribution in [0.3, 0.4) is 0 Å². The van der Waals surface area contributed by atoms with Gasteiger partial charge < -0.3 is 65.6 Å². The van der Waals surface area contributed by atoms with E-state index in [4.69, 9.17) is 61.9 Å². The maximum atomic E-state index is 12.1. The number of hydrogen-bond donors (Lipinski definition) is 11. The highest BCUT2D eigenvalue weighted by molar-refractivity contribution is 6.30. The summed E-state index contributed by atoms with van der Waals surface area (Å²) in [6.07, 6.45) is -4.65. The second-order valence-electron chi connectivity index (χ2n) is 26.1. The average molecular weight is 1920 g/mol. The molecule has 712 valence electrons. The molecular weight excluding hydrogens is 1840 g/mol. The fourth-order valence-corrected chi connectivity index (χ4v) is 10.2. The Morgan fingerprint density at radius 3 is 1.04 bits per heavy atom. The molecule has 11 N–H and O–H groups in total. The van der Waals surface area contributed by atoms with Gasteiger partial charge in [-0.2, -0.15) is 13.2 Å². The lowest BCUT2D eigenvalue weighted by Gasteiger charge is -2.05. The van der Waals surface area contributed by atoms with Crippen molar-refractivity contribution in [2.24, 2.45) is 0 Å². The van der Waals surface area contributed by atoms with Gasteiger partial charge in [-0.05, 0) is 158 Å². The standard InChI is InChI=1S/2C12H9NO3.C8H9NO4.C7H4F3NO3.C7H7NO4.4C7H7NO3.C6H4ClNO3.C6H5NO3/c14-12-7-6-10(8-11(12)13(15)16)9-4-2-1-3-5-9;14-12-8-10(6-7-11(12)13(15)16)9-4-2-1-3-5-9;1-2-13-7-5-3-4-6(8(7)10)9(11)12;8-7(9,10)4-1-2-6(12)5(3-4)11(13)14;1-12-5-2-3-7(9)6(4-5)8(10)11;1-5-2-3-7(9)6(4-5)8(10)11;1-5-2-3-6(8(10)11)7(9)4-5;1-5-3-2-4-6(9)7(5)8(10)11;1-5-3-2-4-6(7(5)9)8(10)11;7-4-1-2-6(9)5(3-4)8(10)11;8-6-4-2-1-3-5(6)7(9)10/h2*1-8,14H;3-5,10H,2H2,1H3;1-3,12H;2-4,9H,1H3;4*2-4,9H,1H3;1-3,9H;1-4,8H. The molecule has 0 bridgehead atoms. The number of nitro groups is 11. The van der Waals surface area contributed by atoms with E-state index < -0.39 is 83.1 Å². The smallest absolute Gasteiger partial charge is 0.416 e. The molecule has 0 aliphatic rings. The zero-order valence-corrected chi connectivity index (χ0v) is 71.5. The maximum absolute atomic E-state index is 12.1. The molecule has 0 aromatic heterocycles. The van der Waals surface area contributed by atoms with Crippen molar-refractivity contribution in [3.8, 4) is 97.0 Å². The number of methoxy groups -OCH3 is 1. The van der Waals surface area contributed by atoms with E-state index in [9.17, 15) is 140 Å². The Kier molecular flexibility index (Phi) is 43.6. The van der Waals surface area contributed by atoms with Crippen LogP contribution in [0.25, 0.3) is 22.3 Å². The average Bonchev–Trinajstić information content (AvgIpc) is 0.825. The highest BCUT2D eigenvalue weighted by atomic mass is 35.5. The number of hydrogen-bond acceptors (Lipinski definition) is 35. The van der Waals surface area contributed by atoms with Crippen LogP contribution in [0.4, 0.5) is 75.7 Å². The van der Waals surface area contributed by atoms with Gasteiger partial charge in [-0.25, -0.2) is 0 Å². The Morgan fingerprint density at radius 1 is 0.287 bits per heavy atom. The van der Waals surface area contributed by atoms with Crippen molar-refractivity contribution in [2.75, 3.05) is 13.7 Å². The Morgan fingerprint density at radius 2 is 0.625 bits per heavy atom. The second kappa shape index (κ2) is 53.5. The lowest BCUT2D eigenvalue weighted by molar-refractivity contribution is -0.386. The highest BCUT2D eigenvalue weighted by Crippen LogP contribution is 2.40. The van der Waals surface area contributed by atoms with Crippen molar-refractivity contribution in [3.63, 3.8) is 0 Å². The monoisotopic (exact) mass is 1910 g/mol. The molecule has 0 amide bonds. The summed E-state index contributed by atoms with van der Waals surface area (Å²) < 4.78 is 45.9. The quantitative estimate of drug-likeness (QED) is 0.0316. The molecule has 0 heterocycles. The number of nitrogens with zero attached hydrogens (tertiary/aromatic N) is 11. The molecule has 136 heavy (non-hydrogen) atoms. The number of phenols is 11. The van der Waals surface area contributed by atoms with Crippen LogP contribution in [-0.4, -0.2) is 124 Å². The van der Waals surface area contributed by atoms with E-state index in [0.717, 1.165) is 39.9 Å². The van der Waals surface area contributed by atoms with Crippen molar-refractivity contribution in [3.05, 3.63) is 411 Å². The molecule has 0 saturated carbocycles. The molecule has 50 heteroatoms. The molecule has 13 aromatic carbocycles. The minimum atomic E-state index is -4.65. The third-order valence-corrected chi connectivity index (χ3v) is 16.8. The van der Waals surface area contributed by atoms with E-state index in [1.165, 1.54) is 141 Å². The highest BCUT2D eigenvalue weighted by Gasteiger charge is 2.33. The van der Waals surface area contributed by atoms with E-state index in [2.05, 4.69) is 0 Å². The van der Waals surface area contributed by atoms with E-state index in [-0.39, 0.29) is 125 Å².